The van der Waals surface area contributed by atoms with Crippen LogP contribution in [0.3, 0.4) is 0 Å². The topological polar surface area (TPSA) is 46.0 Å². The zero-order valence-corrected chi connectivity index (χ0v) is 14.5. The van der Waals surface area contributed by atoms with Crippen molar-refractivity contribution in [2.45, 2.75) is 0 Å². The number of benzene rings is 3. The van der Waals surface area contributed by atoms with E-state index in [1.807, 2.05) is 36.7 Å². The van der Waals surface area contributed by atoms with Crippen molar-refractivity contribution >= 4 is 21.8 Å². The minimum absolute atomic E-state index is 0.277. The van der Waals surface area contributed by atoms with Gasteiger partial charge in [-0.25, -0.2) is 0 Å². The molecule has 0 aliphatic carbocycles. The van der Waals surface area contributed by atoms with Crippen LogP contribution in [0, 0.1) is 0 Å². The first kappa shape index (κ1) is 15.5. The average Bonchev–Trinajstić information content (AvgIpc) is 2.74. The molecule has 2 aromatic heterocycles. The fourth-order valence-electron chi connectivity index (χ4n) is 3.50. The molecule has 0 saturated carbocycles. The second kappa shape index (κ2) is 6.22. The van der Waals surface area contributed by atoms with Gasteiger partial charge in [0.2, 0.25) is 0 Å². The Balaban J connectivity index is 1.63. The molecule has 3 aromatic carbocycles. The van der Waals surface area contributed by atoms with Crippen molar-refractivity contribution in [3.05, 3.63) is 91.3 Å². The van der Waals surface area contributed by atoms with Crippen LogP contribution in [-0.2, 0) is 0 Å². The van der Waals surface area contributed by atoms with Gasteiger partial charge < -0.3 is 5.11 Å². The Labute approximate surface area is 156 Å². The summed E-state index contributed by atoms with van der Waals surface area (Å²) in [5, 5.41) is 11.7. The van der Waals surface area contributed by atoms with Crippen molar-refractivity contribution in [1.82, 2.24) is 9.97 Å². The zero-order valence-electron chi connectivity index (χ0n) is 14.5. The highest BCUT2D eigenvalue weighted by Gasteiger charge is 2.09. The van der Waals surface area contributed by atoms with Crippen LogP contribution in [0.2, 0.25) is 0 Å². The molecular weight excluding hydrogens is 332 g/mol. The van der Waals surface area contributed by atoms with Crippen molar-refractivity contribution in [3.63, 3.8) is 0 Å². The van der Waals surface area contributed by atoms with Crippen LogP contribution in [-0.4, -0.2) is 15.1 Å². The van der Waals surface area contributed by atoms with Gasteiger partial charge in [-0.3, -0.25) is 9.97 Å². The summed E-state index contributed by atoms with van der Waals surface area (Å²) in [6.45, 7) is 0. The Morgan fingerprint density at radius 2 is 1.22 bits per heavy atom. The van der Waals surface area contributed by atoms with Gasteiger partial charge in [0.15, 0.2) is 0 Å². The third-order valence-electron chi connectivity index (χ3n) is 4.88. The molecule has 3 nitrogen and oxygen atoms in total. The molecule has 1 N–H and O–H groups in total. The van der Waals surface area contributed by atoms with Crippen LogP contribution in [0.1, 0.15) is 0 Å². The molecule has 3 heteroatoms. The van der Waals surface area contributed by atoms with Crippen LogP contribution in [0.15, 0.2) is 91.3 Å². The molecule has 128 valence electrons. The lowest BCUT2D eigenvalue weighted by molar-refractivity contribution is 0.475. The van der Waals surface area contributed by atoms with Crippen molar-refractivity contribution < 1.29 is 5.11 Å². The first-order valence-electron chi connectivity index (χ1n) is 8.82. The van der Waals surface area contributed by atoms with E-state index >= 15 is 0 Å². The lowest BCUT2D eigenvalue weighted by Gasteiger charge is -2.09. The molecule has 0 aliphatic rings. The molecule has 0 fully saturated rings. The first-order valence-corrected chi connectivity index (χ1v) is 8.82. The second-order valence-electron chi connectivity index (χ2n) is 6.52. The predicted octanol–water partition coefficient (Wildman–Crippen LogP) is 5.82. The molecule has 0 saturated heterocycles. The van der Waals surface area contributed by atoms with Gasteiger partial charge in [0.05, 0.1) is 11.0 Å². The smallest absolute Gasteiger partial charge is 0.115 e. The van der Waals surface area contributed by atoms with Crippen LogP contribution in [0.25, 0.3) is 44.1 Å². The van der Waals surface area contributed by atoms with E-state index in [1.54, 1.807) is 12.1 Å². The van der Waals surface area contributed by atoms with Gasteiger partial charge >= 0.3 is 0 Å². The summed E-state index contributed by atoms with van der Waals surface area (Å²) >= 11 is 0. The summed E-state index contributed by atoms with van der Waals surface area (Å²) in [4.78, 5) is 9.10. The van der Waals surface area contributed by atoms with Gasteiger partial charge in [0, 0.05) is 23.2 Å². The van der Waals surface area contributed by atoms with E-state index in [0.717, 1.165) is 44.1 Å². The highest BCUT2D eigenvalue weighted by Crippen LogP contribution is 2.32. The van der Waals surface area contributed by atoms with Crippen LogP contribution >= 0.6 is 0 Å². The molecule has 5 rings (SSSR count). The molecule has 0 amide bonds. The highest BCUT2D eigenvalue weighted by molar-refractivity contribution is 6.07. The summed E-state index contributed by atoms with van der Waals surface area (Å²) < 4.78 is 0. The van der Waals surface area contributed by atoms with Crippen LogP contribution < -0.4 is 0 Å². The normalized spacial score (nSPS) is 11.1. The Kier molecular flexibility index (Phi) is 3.58. The minimum Gasteiger partial charge on any atom is -0.508 e. The number of pyridine rings is 2. The molecule has 5 aromatic rings. The summed E-state index contributed by atoms with van der Waals surface area (Å²) in [6, 6.07) is 26.0. The number of rotatable bonds is 2. The summed E-state index contributed by atoms with van der Waals surface area (Å²) in [7, 11) is 0. The van der Waals surface area contributed by atoms with E-state index in [9.17, 15) is 5.11 Å². The number of nitrogens with zero attached hydrogens (tertiary/aromatic N) is 2. The fourth-order valence-corrected chi connectivity index (χ4v) is 3.50. The zero-order chi connectivity index (χ0) is 18.2. The monoisotopic (exact) mass is 348 g/mol. The number of phenolic OH excluding ortho intramolecular Hbond substituents is 1. The largest absolute Gasteiger partial charge is 0.508 e. The van der Waals surface area contributed by atoms with Gasteiger partial charge in [-0.1, -0.05) is 54.6 Å². The molecule has 0 atom stereocenters. The van der Waals surface area contributed by atoms with E-state index in [-0.39, 0.29) is 5.75 Å². The quantitative estimate of drug-likeness (QED) is 0.409. The van der Waals surface area contributed by atoms with E-state index < -0.39 is 0 Å². The van der Waals surface area contributed by atoms with Crippen molar-refractivity contribution in [2.24, 2.45) is 0 Å². The van der Waals surface area contributed by atoms with Crippen molar-refractivity contribution in [3.8, 4) is 28.0 Å². The van der Waals surface area contributed by atoms with Gasteiger partial charge in [-0.05, 0) is 46.5 Å². The summed E-state index contributed by atoms with van der Waals surface area (Å²) in [5.41, 5.74) is 6.33. The lowest BCUT2D eigenvalue weighted by atomic mass is 9.97. The van der Waals surface area contributed by atoms with Crippen molar-refractivity contribution in [1.29, 1.82) is 0 Å². The Morgan fingerprint density at radius 1 is 0.556 bits per heavy atom. The highest BCUT2D eigenvalue weighted by atomic mass is 16.3. The number of fused-ring (bicyclic) bond motifs is 3. The van der Waals surface area contributed by atoms with E-state index in [2.05, 4.69) is 52.4 Å². The maximum atomic E-state index is 9.46. The number of aromatic nitrogens is 2. The summed E-state index contributed by atoms with van der Waals surface area (Å²) in [5.74, 6) is 0.277. The summed E-state index contributed by atoms with van der Waals surface area (Å²) in [6.07, 6.45) is 3.66. The first-order chi connectivity index (χ1) is 13.3. The number of aromatic hydroxyl groups is 1. The fraction of sp³-hybridized carbons (Fsp3) is 0. The van der Waals surface area contributed by atoms with Crippen molar-refractivity contribution in [2.75, 3.05) is 0 Å². The molecule has 0 spiro atoms. The van der Waals surface area contributed by atoms with Gasteiger partial charge in [0.1, 0.15) is 5.75 Å². The molecule has 0 radical (unpaired) electrons. The maximum Gasteiger partial charge on any atom is 0.115 e. The molecule has 0 aliphatic heterocycles. The third kappa shape index (κ3) is 2.70. The average molecular weight is 348 g/mol. The third-order valence-corrected chi connectivity index (χ3v) is 4.88. The number of hydrogen-bond acceptors (Lipinski definition) is 3. The van der Waals surface area contributed by atoms with E-state index in [1.165, 1.54) is 0 Å². The van der Waals surface area contributed by atoms with Gasteiger partial charge in [0.25, 0.3) is 0 Å². The maximum absolute atomic E-state index is 9.46. The SMILES string of the molecule is Oc1ccc(-c2ccc(-c3ccnc4c3ccc3cccnc34)cc2)cc1. The Bertz CT molecular complexity index is 1260. The van der Waals surface area contributed by atoms with Crippen LogP contribution in [0.4, 0.5) is 0 Å². The number of phenols is 1. The Morgan fingerprint density at radius 3 is 2.00 bits per heavy atom. The number of hydrogen-bond donors (Lipinski definition) is 1. The van der Waals surface area contributed by atoms with E-state index in [4.69, 9.17) is 0 Å². The second-order valence-corrected chi connectivity index (χ2v) is 6.52. The van der Waals surface area contributed by atoms with E-state index in [0.29, 0.717) is 0 Å². The Hall–Kier alpha value is -3.72. The van der Waals surface area contributed by atoms with Crippen LogP contribution in [0.5, 0.6) is 5.75 Å². The molecule has 0 unspecified atom stereocenters. The van der Waals surface area contributed by atoms with Gasteiger partial charge in [-0.15, -0.1) is 0 Å². The minimum atomic E-state index is 0.277. The molecular formula is C24H16N2O. The molecule has 0 bridgehead atoms. The standard InChI is InChI=1S/C24H16N2O/c27-20-10-7-17(8-11-20)16-3-5-18(6-4-16)21-13-15-26-24-22(21)12-9-19-2-1-14-25-23(19)24/h1-15,27H. The lowest BCUT2D eigenvalue weighted by Crippen LogP contribution is -1.88. The predicted molar refractivity (Wildman–Crippen MR) is 110 cm³/mol. The molecule has 27 heavy (non-hydrogen) atoms. The molecule has 2 heterocycles. The van der Waals surface area contributed by atoms with Gasteiger partial charge in [-0.2, -0.15) is 0 Å².